The van der Waals surface area contributed by atoms with Crippen molar-refractivity contribution < 1.29 is 126 Å². The van der Waals surface area contributed by atoms with Gasteiger partial charge in [0.15, 0.2) is 11.9 Å². The molecule has 3 aromatic carbocycles. The van der Waals surface area contributed by atoms with Gasteiger partial charge in [-0.05, 0) is 135 Å². The second-order valence-electron chi connectivity index (χ2n) is 35.6. The number of carbonyl (C=O) groups is 21. The largest absolute Gasteiger partial charge is 0.508 e. The smallest absolute Gasteiger partial charge is 0.322 e. The molecule has 36 N–H and O–H groups in total. The lowest BCUT2D eigenvalue weighted by atomic mass is 9.96. The van der Waals surface area contributed by atoms with Crippen molar-refractivity contribution in [2.45, 2.75) is 254 Å². The number of aliphatic carboxylic acids is 3. The number of nitrogens with two attached hydrogens (primary N) is 5. The summed E-state index contributed by atoms with van der Waals surface area (Å²) in [5, 5.41) is 111. The maximum Gasteiger partial charge on any atom is 0.322 e. The number of primary amides is 2. The Morgan fingerprint density at radius 3 is 1.20 bits per heavy atom. The van der Waals surface area contributed by atoms with Crippen LogP contribution < -0.4 is 124 Å². The number of carboxylic acid groups (broad SMARTS) is 3. The van der Waals surface area contributed by atoms with Gasteiger partial charge in [-0.25, -0.2) is 0 Å². The van der Waals surface area contributed by atoms with Crippen LogP contribution in [-0.4, -0.2) is 313 Å². The summed E-state index contributed by atoms with van der Waals surface area (Å²) in [6.45, 7) is 10.6. The molecular formula is C93H140N26O26S2. The summed E-state index contributed by atoms with van der Waals surface area (Å²) in [6, 6.07) is -6.69. The third kappa shape index (κ3) is 44.7. The topological polar surface area (TPSA) is 870 Å². The van der Waals surface area contributed by atoms with Crippen LogP contribution in [0.2, 0.25) is 0 Å². The maximum absolute atomic E-state index is 15.4. The Hall–Kier alpha value is -15.0. The lowest BCUT2D eigenvalue weighted by Gasteiger charge is -2.30. The van der Waals surface area contributed by atoms with Crippen LogP contribution >= 0.6 is 23.5 Å². The zero-order valence-corrected chi connectivity index (χ0v) is 84.9. The molecule has 0 aliphatic rings. The number of aromatic hydroxyl groups is 1. The van der Waals surface area contributed by atoms with E-state index in [1.54, 1.807) is 102 Å². The van der Waals surface area contributed by atoms with Gasteiger partial charge in [0.05, 0.1) is 31.4 Å². The number of nitrogens with one attached hydrogen (secondary N) is 21. The van der Waals surface area contributed by atoms with Crippen LogP contribution in [0.5, 0.6) is 5.75 Å². The number of fused-ring (bicyclic) bond motifs is 1. The highest BCUT2D eigenvalue weighted by Crippen LogP contribution is 2.23. The summed E-state index contributed by atoms with van der Waals surface area (Å²) in [4.78, 5) is 294. The standard InChI is InChI=1S/C93H140N26O26S2/c1-11-47(6)74(90(144)114-62(38-51-25-27-53(121)28-26-51)84(138)107-58(24-18-34-102-93(99)100)80(134)108-59(29-30-67(95)122)81(135)109-60(31-35-146-9)82(136)106-57(23-17-33-101-92(97)98)79(133)105-48(7)76(130)111-65(41-69(124)125)78(132)104-44-71(128)129)118-87(141)64(39-52-43-103-56-22-16-15-21-54(52)56)112-85(139)66(42-70(126)127)115-91(145)75(49(8)120)119-86(140)63(37-50-19-13-12-14-20-50)113-89(143)73(46(4)5)117-83(137)61(32-36-147-10)110-88(142)72(45(2)3)116-77(131)55(94)40-68(96)123/h12-16,19-22,25-28,43,45-49,55,57-66,72-75,103,120-121H,11,17-18,23-24,29-42,44,94H2,1-10H3,(H2,95,122)(H2,96,123)(H,104,132)(H,105,133)(H,106,136)(H,107,138)(H,108,134)(H,109,135)(H,110,142)(H,111,130)(H,112,139)(H,113,143)(H,114,144)(H,115,145)(H,116,131)(H,117,137)(H,118,141)(H,119,140)(H,124,125)(H,126,127)(H,128,129)(H4,97,98,101)(H4,99,100,102)/t47-,48-,49+,55-,57-,58-,59-,60-,61-,62-,63-,64-,65-,66-,72-,73-,74-,75-/m0/s1. The van der Waals surface area contributed by atoms with Crippen LogP contribution in [0, 0.1) is 28.6 Å². The van der Waals surface area contributed by atoms with Crippen molar-refractivity contribution in [3.63, 3.8) is 0 Å². The molecule has 0 saturated carbocycles. The van der Waals surface area contributed by atoms with Gasteiger partial charge in [-0.3, -0.25) is 112 Å². The van der Waals surface area contributed by atoms with E-state index in [1.165, 1.54) is 60.9 Å². The number of phenols is 1. The normalized spacial score (nSPS) is 14.8. The predicted octanol–water partition coefficient (Wildman–Crippen LogP) is -6.42. The van der Waals surface area contributed by atoms with E-state index in [0.29, 0.717) is 27.8 Å². The van der Waals surface area contributed by atoms with Crippen molar-refractivity contribution >= 4 is 171 Å². The molecule has 0 radical (unpaired) electrons. The van der Waals surface area contributed by atoms with Crippen LogP contribution in [0.3, 0.4) is 0 Å². The molecule has 0 bridgehead atoms. The van der Waals surface area contributed by atoms with Gasteiger partial charge >= 0.3 is 17.9 Å². The molecule has 0 fully saturated rings. The number of carbonyl (C=O) groups excluding carboxylic acids is 18. The molecule has 0 unspecified atom stereocenters. The number of aromatic amines is 1. The SMILES string of the molecule is CC[C@H](C)[C@H](NC(=O)[C@H](Cc1c[nH]c2ccccc12)NC(=O)[C@H](CC(=O)O)NC(=O)[C@@H](NC(=O)[C@H](Cc1ccccc1)NC(=O)[C@@H](NC(=O)[C@H](CCSC)NC(=O)[C@@H](NC(=O)[C@@H](N)CC(N)=O)C(C)C)C(C)C)[C@@H](C)O)C(=O)N[C@@H](Cc1ccc(O)cc1)C(=O)N[C@@H](CCCNC(=N)N)C(=O)N[C@@H](CCC(N)=O)C(=O)N[C@@H](CCSC)C(=O)N[C@@H](CCCNC(=N)N)C(=O)N[C@@H](C)C(=O)N[C@@H](CC(=O)O)C(=O)NCC(=O)O. The molecule has 0 aliphatic carbocycles. The van der Waals surface area contributed by atoms with Crippen molar-refractivity contribution in [2.75, 3.05) is 43.7 Å². The summed E-state index contributed by atoms with van der Waals surface area (Å²) in [5.41, 5.74) is 29.4. The van der Waals surface area contributed by atoms with Crippen molar-refractivity contribution in [3.05, 3.63) is 102 Å². The second kappa shape index (κ2) is 63.3. The van der Waals surface area contributed by atoms with Crippen LogP contribution in [0.4, 0.5) is 0 Å². The van der Waals surface area contributed by atoms with Gasteiger partial charge in [0.1, 0.15) is 103 Å². The van der Waals surface area contributed by atoms with E-state index in [4.69, 9.17) is 44.6 Å². The average Bonchev–Trinajstić information content (AvgIpc) is 1.65. The fourth-order valence-electron chi connectivity index (χ4n) is 14.7. The number of phenolic OH excluding ortho intramolecular Hbond substituents is 1. The zero-order chi connectivity index (χ0) is 110. The quantitative estimate of drug-likeness (QED) is 0.0111. The van der Waals surface area contributed by atoms with Crippen LogP contribution in [0.25, 0.3) is 10.9 Å². The Kier molecular flexibility index (Phi) is 53.6. The lowest BCUT2D eigenvalue weighted by Crippen LogP contribution is -2.63. The summed E-state index contributed by atoms with van der Waals surface area (Å²) in [6.07, 6.45) is -2.96. The van der Waals surface area contributed by atoms with Crippen LogP contribution in [0.15, 0.2) is 85.1 Å². The van der Waals surface area contributed by atoms with E-state index in [-0.39, 0.29) is 81.5 Å². The number of para-hydroxylation sites is 1. The van der Waals surface area contributed by atoms with Crippen molar-refractivity contribution in [1.82, 2.24) is 101 Å². The van der Waals surface area contributed by atoms with E-state index < -0.39 is 308 Å². The number of aliphatic hydroxyl groups is 1. The van der Waals surface area contributed by atoms with Gasteiger partial charge in [-0.15, -0.1) is 0 Å². The van der Waals surface area contributed by atoms with Crippen molar-refractivity contribution in [2.24, 2.45) is 46.4 Å². The molecule has 1 heterocycles. The first kappa shape index (κ1) is 124. The molecule has 147 heavy (non-hydrogen) atoms. The van der Waals surface area contributed by atoms with Gasteiger partial charge in [0.25, 0.3) is 0 Å². The number of H-pyrrole nitrogens is 1. The number of guanidine groups is 2. The van der Waals surface area contributed by atoms with Crippen molar-refractivity contribution in [1.29, 1.82) is 10.8 Å². The Labute approximate surface area is 856 Å². The number of benzene rings is 3. The number of aromatic nitrogens is 1. The number of amides is 18. The van der Waals surface area contributed by atoms with E-state index in [2.05, 4.69) is 95.4 Å². The summed E-state index contributed by atoms with van der Waals surface area (Å²) in [7, 11) is 0. The Morgan fingerprint density at radius 1 is 0.374 bits per heavy atom. The number of aliphatic hydroxyl groups excluding tert-OH is 1. The molecule has 52 nitrogen and oxygen atoms in total. The zero-order valence-electron chi connectivity index (χ0n) is 83.3. The highest BCUT2D eigenvalue weighted by Gasteiger charge is 2.42. The number of hydrogen-bond donors (Lipinski definition) is 31. The molecular weight excluding hydrogens is 1960 g/mol. The van der Waals surface area contributed by atoms with Gasteiger partial charge in [-0.1, -0.05) is 109 Å². The summed E-state index contributed by atoms with van der Waals surface area (Å²) in [5.74, 6) is -27.0. The fourth-order valence-corrected chi connectivity index (χ4v) is 15.6. The van der Waals surface area contributed by atoms with Crippen LogP contribution in [0.1, 0.15) is 149 Å². The molecule has 4 aromatic rings. The molecule has 0 spiro atoms. The summed E-state index contributed by atoms with van der Waals surface area (Å²) >= 11 is 2.52. The first-order valence-corrected chi connectivity index (χ1v) is 50.1. The minimum atomic E-state index is -2.17. The van der Waals surface area contributed by atoms with Crippen molar-refractivity contribution in [3.8, 4) is 5.75 Å². The minimum absolute atomic E-state index is 0.00304. The highest BCUT2D eigenvalue weighted by atomic mass is 32.2. The predicted molar refractivity (Wildman–Crippen MR) is 539 cm³/mol. The molecule has 18 atom stereocenters. The number of rotatable bonds is 67. The maximum atomic E-state index is 15.4. The Balaban J connectivity index is 1.75. The van der Waals surface area contributed by atoms with Gasteiger partial charge < -0.3 is 155 Å². The van der Waals surface area contributed by atoms with E-state index in [9.17, 15) is 97.1 Å². The number of hydrogen-bond acceptors (Lipinski definition) is 28. The second-order valence-corrected chi connectivity index (χ2v) is 37.6. The molecule has 4 rings (SSSR count). The van der Waals surface area contributed by atoms with Gasteiger partial charge in [0.2, 0.25) is 106 Å². The number of carboxylic acids is 3. The van der Waals surface area contributed by atoms with Gasteiger partial charge in [-0.2, -0.15) is 23.5 Å². The lowest BCUT2D eigenvalue weighted by molar-refractivity contribution is -0.142. The third-order valence-corrected chi connectivity index (χ3v) is 24.3. The first-order valence-electron chi connectivity index (χ1n) is 47.3. The molecule has 18 amide bonds. The molecule has 54 heteroatoms. The third-order valence-electron chi connectivity index (χ3n) is 23.0. The molecule has 1 aromatic heterocycles. The Morgan fingerprint density at radius 2 is 0.741 bits per heavy atom. The average molecular weight is 2100 g/mol. The fraction of sp³-hybridized carbons (Fsp3) is 0.538. The van der Waals surface area contributed by atoms with Gasteiger partial charge in [0, 0.05) is 55.9 Å². The molecule has 810 valence electrons. The Bertz CT molecular complexity index is 5230. The highest BCUT2D eigenvalue weighted by molar-refractivity contribution is 7.98. The van der Waals surface area contributed by atoms with E-state index in [0.717, 1.165) is 13.8 Å². The molecule has 0 aliphatic heterocycles. The van der Waals surface area contributed by atoms with E-state index in [1.807, 2.05) is 5.32 Å². The number of thioether (sulfide) groups is 2. The summed E-state index contributed by atoms with van der Waals surface area (Å²) < 4.78 is 0. The van der Waals surface area contributed by atoms with Crippen LogP contribution in [-0.2, 0) is 120 Å². The minimum Gasteiger partial charge on any atom is -0.508 e. The first-order chi connectivity index (χ1) is 69.3. The molecule has 0 saturated heterocycles. The monoisotopic (exact) mass is 2100 g/mol. The van der Waals surface area contributed by atoms with E-state index >= 15 is 24.0 Å².